The van der Waals surface area contributed by atoms with E-state index in [2.05, 4.69) is 5.32 Å². The number of nitrogens with one attached hydrogen (secondary N) is 1. The lowest BCUT2D eigenvalue weighted by Crippen LogP contribution is -2.37. The third-order valence-corrected chi connectivity index (χ3v) is 3.55. The lowest BCUT2D eigenvalue weighted by Gasteiger charge is -2.29. The van der Waals surface area contributed by atoms with Gasteiger partial charge in [-0.3, -0.25) is 9.59 Å². The first-order valence-corrected chi connectivity index (χ1v) is 7.03. The molecule has 0 aliphatic carbocycles. The van der Waals surface area contributed by atoms with E-state index in [1.165, 1.54) is 13.1 Å². The molecule has 1 aliphatic rings. The number of nitriles is 1. The lowest BCUT2D eigenvalue weighted by atomic mass is 10.0. The smallest absolute Gasteiger partial charge is 0.325 e. The van der Waals surface area contributed by atoms with Crippen molar-refractivity contribution < 1.29 is 14.7 Å². The quantitative estimate of drug-likeness (QED) is 0.648. The van der Waals surface area contributed by atoms with Crippen LogP contribution >= 0.6 is 0 Å². The van der Waals surface area contributed by atoms with Gasteiger partial charge in [0.25, 0.3) is 5.91 Å². The summed E-state index contributed by atoms with van der Waals surface area (Å²) in [6.07, 6.45) is 2.92. The minimum atomic E-state index is -1.05. The van der Waals surface area contributed by atoms with Crippen molar-refractivity contribution in [2.24, 2.45) is 0 Å². The summed E-state index contributed by atoms with van der Waals surface area (Å²) in [5, 5.41) is 20.5. The number of hydrogen-bond donors (Lipinski definition) is 2. The predicted molar refractivity (Wildman–Crippen MR) is 81.0 cm³/mol. The zero-order valence-electron chi connectivity index (χ0n) is 12.2. The maximum Gasteiger partial charge on any atom is 0.325 e. The molecule has 1 aromatic carbocycles. The van der Waals surface area contributed by atoms with Gasteiger partial charge in [-0.2, -0.15) is 5.26 Å². The second-order valence-corrected chi connectivity index (χ2v) is 5.09. The molecule has 1 aliphatic heterocycles. The Bertz CT molecular complexity index is 661. The van der Waals surface area contributed by atoms with Gasteiger partial charge in [0.05, 0.1) is 0 Å². The summed E-state index contributed by atoms with van der Waals surface area (Å²) in [6.45, 7) is 1.98. The van der Waals surface area contributed by atoms with Crippen molar-refractivity contribution in [3.05, 3.63) is 41.6 Å². The Morgan fingerprint density at radius 1 is 1.45 bits per heavy atom. The van der Waals surface area contributed by atoms with E-state index in [1.54, 1.807) is 4.90 Å². The van der Waals surface area contributed by atoms with E-state index in [-0.39, 0.29) is 5.57 Å². The van der Waals surface area contributed by atoms with Crippen LogP contribution in [0, 0.1) is 11.3 Å². The van der Waals surface area contributed by atoms with Crippen LogP contribution in [0.5, 0.6) is 0 Å². The molecule has 1 amide bonds. The molecule has 0 bridgehead atoms. The van der Waals surface area contributed by atoms with Crippen LogP contribution in [0.15, 0.2) is 36.0 Å². The number of carboxylic acid groups (broad SMARTS) is 1. The van der Waals surface area contributed by atoms with Gasteiger partial charge in [-0.05, 0) is 31.4 Å². The minimum Gasteiger partial charge on any atom is -0.480 e. The first-order valence-electron chi connectivity index (χ1n) is 7.03. The van der Waals surface area contributed by atoms with Crippen molar-refractivity contribution in [2.45, 2.75) is 25.8 Å². The van der Waals surface area contributed by atoms with E-state index in [0.29, 0.717) is 6.54 Å². The molecule has 0 radical (unpaired) electrons. The number of nitrogens with zero attached hydrogens (tertiary/aromatic N) is 2. The fourth-order valence-electron chi connectivity index (χ4n) is 2.31. The monoisotopic (exact) mass is 299 g/mol. The van der Waals surface area contributed by atoms with Crippen LogP contribution in [-0.2, 0) is 16.0 Å². The molecule has 22 heavy (non-hydrogen) atoms. The number of hydrogen-bond acceptors (Lipinski definition) is 4. The van der Waals surface area contributed by atoms with E-state index < -0.39 is 17.9 Å². The van der Waals surface area contributed by atoms with Gasteiger partial charge in [-0.1, -0.05) is 18.2 Å². The van der Waals surface area contributed by atoms with Gasteiger partial charge >= 0.3 is 5.97 Å². The molecule has 1 unspecified atom stereocenters. The van der Waals surface area contributed by atoms with Crippen LogP contribution in [0.25, 0.3) is 0 Å². The standard InChI is InChI=1S/C16H17N3O3/c1-11(16(21)22)18-10-13(9-17)15(20)19-8-4-6-12-5-2-3-7-14(12)19/h2-3,5,7,10-11,18H,4,6,8H2,1H3,(H,21,22)/b13-10-. The lowest BCUT2D eigenvalue weighted by molar-refractivity contribution is -0.138. The number of carboxylic acids is 1. The van der Waals surface area contributed by atoms with Crippen molar-refractivity contribution in [3.8, 4) is 6.07 Å². The number of aryl methyl sites for hydroxylation is 1. The minimum absolute atomic E-state index is 0.107. The van der Waals surface area contributed by atoms with Crippen LogP contribution in [0.3, 0.4) is 0 Å². The van der Waals surface area contributed by atoms with Crippen molar-refractivity contribution >= 4 is 17.6 Å². The second-order valence-electron chi connectivity index (χ2n) is 5.09. The Morgan fingerprint density at radius 3 is 2.86 bits per heavy atom. The fraction of sp³-hybridized carbons (Fsp3) is 0.312. The largest absolute Gasteiger partial charge is 0.480 e. The van der Waals surface area contributed by atoms with Gasteiger partial charge in [0.1, 0.15) is 17.7 Å². The van der Waals surface area contributed by atoms with Crippen molar-refractivity contribution in [3.63, 3.8) is 0 Å². The number of aliphatic carboxylic acids is 1. The summed E-state index contributed by atoms with van der Waals surface area (Å²) in [7, 11) is 0. The molecular weight excluding hydrogens is 282 g/mol. The highest BCUT2D eigenvalue weighted by molar-refractivity contribution is 6.08. The third kappa shape index (κ3) is 3.26. The Labute approximate surface area is 128 Å². The molecule has 0 fully saturated rings. The number of benzene rings is 1. The molecule has 6 heteroatoms. The number of rotatable bonds is 4. The maximum absolute atomic E-state index is 12.5. The predicted octanol–water partition coefficient (Wildman–Crippen LogP) is 1.44. The molecule has 0 aromatic heterocycles. The summed E-state index contributed by atoms with van der Waals surface area (Å²) in [6, 6.07) is 8.56. The number of carbonyl (C=O) groups is 2. The second kappa shape index (κ2) is 6.76. The molecule has 2 rings (SSSR count). The highest BCUT2D eigenvalue weighted by atomic mass is 16.4. The molecular formula is C16H17N3O3. The molecule has 6 nitrogen and oxygen atoms in total. The summed E-state index contributed by atoms with van der Waals surface area (Å²) in [4.78, 5) is 24.9. The Balaban J connectivity index is 2.22. The molecule has 0 saturated heterocycles. The SMILES string of the molecule is CC(N/C=C(/C#N)C(=O)N1CCCc2ccccc21)C(=O)O. The third-order valence-electron chi connectivity index (χ3n) is 3.55. The molecule has 114 valence electrons. The summed E-state index contributed by atoms with van der Waals surface area (Å²) in [5.74, 6) is -1.47. The molecule has 1 heterocycles. The summed E-state index contributed by atoms with van der Waals surface area (Å²) < 4.78 is 0. The summed E-state index contributed by atoms with van der Waals surface area (Å²) in [5.41, 5.74) is 1.78. The normalized spacial score (nSPS) is 15.5. The number of fused-ring (bicyclic) bond motifs is 1. The first kappa shape index (κ1) is 15.6. The van der Waals surface area contributed by atoms with Gasteiger partial charge in [0.2, 0.25) is 0 Å². The van der Waals surface area contributed by atoms with Crippen LogP contribution in [-0.4, -0.2) is 29.6 Å². The summed E-state index contributed by atoms with van der Waals surface area (Å²) >= 11 is 0. The molecule has 0 saturated carbocycles. The van der Waals surface area contributed by atoms with E-state index in [4.69, 9.17) is 5.11 Å². The number of para-hydroxylation sites is 1. The van der Waals surface area contributed by atoms with E-state index >= 15 is 0 Å². The van der Waals surface area contributed by atoms with Crippen LogP contribution in [0.1, 0.15) is 18.9 Å². The van der Waals surface area contributed by atoms with Crippen LogP contribution < -0.4 is 10.2 Å². The topological polar surface area (TPSA) is 93.4 Å². The Kier molecular flexibility index (Phi) is 4.79. The molecule has 1 atom stereocenters. The van der Waals surface area contributed by atoms with Gasteiger partial charge in [-0.25, -0.2) is 0 Å². The highest BCUT2D eigenvalue weighted by Crippen LogP contribution is 2.27. The zero-order valence-corrected chi connectivity index (χ0v) is 12.2. The Hall–Kier alpha value is -2.81. The van der Waals surface area contributed by atoms with Crippen LogP contribution in [0.2, 0.25) is 0 Å². The van der Waals surface area contributed by atoms with Crippen LogP contribution in [0.4, 0.5) is 5.69 Å². The van der Waals surface area contributed by atoms with Gasteiger partial charge in [0, 0.05) is 18.4 Å². The van der Waals surface area contributed by atoms with Crippen molar-refractivity contribution in [1.29, 1.82) is 5.26 Å². The number of anilines is 1. The van der Waals surface area contributed by atoms with Crippen molar-refractivity contribution in [2.75, 3.05) is 11.4 Å². The van der Waals surface area contributed by atoms with E-state index in [0.717, 1.165) is 24.1 Å². The van der Waals surface area contributed by atoms with Gasteiger partial charge in [0.15, 0.2) is 0 Å². The molecule has 2 N–H and O–H groups in total. The number of carbonyl (C=O) groups excluding carboxylic acids is 1. The molecule has 0 spiro atoms. The zero-order chi connectivity index (χ0) is 16.1. The Morgan fingerprint density at radius 2 is 2.18 bits per heavy atom. The van der Waals surface area contributed by atoms with Gasteiger partial charge in [-0.15, -0.1) is 0 Å². The number of amides is 1. The highest BCUT2D eigenvalue weighted by Gasteiger charge is 2.25. The average Bonchev–Trinajstić information content (AvgIpc) is 2.54. The molecule has 1 aromatic rings. The van der Waals surface area contributed by atoms with E-state index in [9.17, 15) is 14.9 Å². The van der Waals surface area contributed by atoms with Gasteiger partial charge < -0.3 is 15.3 Å². The van der Waals surface area contributed by atoms with E-state index in [1.807, 2.05) is 30.3 Å². The van der Waals surface area contributed by atoms with Crippen molar-refractivity contribution in [1.82, 2.24) is 5.32 Å². The first-order chi connectivity index (χ1) is 10.5. The maximum atomic E-state index is 12.5. The fourth-order valence-corrected chi connectivity index (χ4v) is 2.31. The average molecular weight is 299 g/mol.